The second-order valence-electron chi connectivity index (χ2n) is 14.3. The minimum absolute atomic E-state index is 0.0122. The molecule has 1 aliphatic heterocycles. The number of hydrogen-bond acceptors (Lipinski definition) is 11. The number of aromatic nitrogens is 4. The number of halogens is 3. The van der Waals surface area contributed by atoms with Gasteiger partial charge in [0.05, 0.1) is 18.4 Å². The van der Waals surface area contributed by atoms with Gasteiger partial charge in [0.25, 0.3) is 0 Å². The molecule has 0 spiro atoms. The molecular formula is C41H46F3N9O6S. The molecule has 2 aromatic heterocycles. The number of thioether (sulfide) groups is 1. The van der Waals surface area contributed by atoms with Crippen LogP contribution >= 0.6 is 11.8 Å². The van der Waals surface area contributed by atoms with Gasteiger partial charge in [-0.05, 0) is 48.4 Å². The van der Waals surface area contributed by atoms with Crippen LogP contribution in [0.5, 0.6) is 0 Å². The summed E-state index contributed by atoms with van der Waals surface area (Å²) in [6, 6.07) is 26.7. The van der Waals surface area contributed by atoms with Crippen molar-refractivity contribution in [3.05, 3.63) is 102 Å². The molecule has 60 heavy (non-hydrogen) atoms. The van der Waals surface area contributed by atoms with Crippen molar-refractivity contribution in [3.8, 4) is 0 Å². The number of fused-ring (bicyclic) bond motifs is 1. The lowest BCUT2D eigenvalue weighted by Crippen LogP contribution is -2.42. The number of aliphatic hydroxyl groups is 2. The monoisotopic (exact) mass is 849 g/mol. The van der Waals surface area contributed by atoms with E-state index in [4.69, 9.17) is 24.9 Å². The number of benzene rings is 3. The summed E-state index contributed by atoms with van der Waals surface area (Å²) in [5.74, 6) is -1.95. The Labute approximate surface area is 347 Å². The predicted molar refractivity (Wildman–Crippen MR) is 221 cm³/mol. The maximum absolute atomic E-state index is 13.0. The number of alkyl halides is 3. The Hall–Kier alpha value is -5.92. The number of carboxylic acids is 1. The van der Waals surface area contributed by atoms with Gasteiger partial charge in [-0.15, -0.1) is 11.8 Å². The van der Waals surface area contributed by atoms with Crippen molar-refractivity contribution in [2.75, 3.05) is 41.4 Å². The third-order valence-electron chi connectivity index (χ3n) is 10.3. The molecule has 1 aliphatic carbocycles. The molecular weight excluding hydrogens is 804 g/mol. The molecule has 3 amide bonds. The van der Waals surface area contributed by atoms with Crippen molar-refractivity contribution in [1.29, 1.82) is 0 Å². The molecule has 0 unspecified atom stereocenters. The van der Waals surface area contributed by atoms with Crippen molar-refractivity contribution < 1.29 is 42.9 Å². The van der Waals surface area contributed by atoms with E-state index < -0.39 is 36.4 Å². The van der Waals surface area contributed by atoms with Crippen molar-refractivity contribution in [1.82, 2.24) is 30.2 Å². The summed E-state index contributed by atoms with van der Waals surface area (Å²) in [5.41, 5.74) is 4.05. The number of hydrogen-bond donors (Lipinski definition) is 7. The smallest absolute Gasteiger partial charge is 0.475 e. The molecule has 19 heteroatoms. The van der Waals surface area contributed by atoms with Crippen LogP contribution in [-0.4, -0.2) is 109 Å². The van der Waals surface area contributed by atoms with E-state index in [9.17, 15) is 33.0 Å². The first kappa shape index (κ1) is 43.7. The number of anilines is 3. The minimum Gasteiger partial charge on any atom is -0.475 e. The summed E-state index contributed by atoms with van der Waals surface area (Å²) in [5, 5.41) is 41.7. The summed E-state index contributed by atoms with van der Waals surface area (Å²) in [6.45, 7) is 3.36. The number of amides is 3. The largest absolute Gasteiger partial charge is 0.490 e. The van der Waals surface area contributed by atoms with Gasteiger partial charge in [-0.25, -0.2) is 14.6 Å². The van der Waals surface area contributed by atoms with Crippen LogP contribution in [0.4, 0.5) is 35.4 Å². The number of aliphatic hydroxyl groups excluding tert-OH is 2. The van der Waals surface area contributed by atoms with Gasteiger partial charge in [0.1, 0.15) is 12.2 Å². The van der Waals surface area contributed by atoms with Gasteiger partial charge in [0.15, 0.2) is 17.0 Å². The van der Waals surface area contributed by atoms with Gasteiger partial charge in [-0.2, -0.15) is 23.1 Å². The summed E-state index contributed by atoms with van der Waals surface area (Å²) in [4.78, 5) is 51.9. The van der Waals surface area contributed by atoms with Crippen LogP contribution in [0.15, 0.2) is 96.2 Å². The van der Waals surface area contributed by atoms with Gasteiger partial charge in [0, 0.05) is 48.6 Å². The molecule has 318 valence electrons. The van der Waals surface area contributed by atoms with Crippen LogP contribution in [0.3, 0.4) is 0 Å². The number of carboxylic acid groups (broad SMARTS) is 1. The van der Waals surface area contributed by atoms with E-state index in [-0.39, 0.29) is 30.3 Å². The van der Waals surface area contributed by atoms with E-state index in [1.54, 1.807) is 29.6 Å². The summed E-state index contributed by atoms with van der Waals surface area (Å²) in [6.07, 6.45) is -2.50. The standard InChI is InChI=1S/C39H45N9O4S.C2HF3O2/c1-3-32(49)44-30-20-31(35(51)34(30)50)48-23-41-33-36(40-21-29(24-11-6-4-7-12-24)25-13-8-5-9-14-25)45-38(46-37(33)48)47-18-17-27(22-47)43-39(52)42-26-15-10-16-28(19-26)53-2;3-2(4,5)1(6)7/h4-16,19,23,27,29-31,34-35,50-51H,3,17-18,20-22H2,1-2H3,(H,44,49)(H,40,45,46)(H2,42,43,52);(H,6,7)/t27-,30+,31-,34-,35+;/m1./s1. The Kier molecular flexibility index (Phi) is 14.1. The SMILES string of the molecule is CCC(=O)N[C@H]1C[C@@H](n2cnc3c(NCC(c4ccccc4)c4ccccc4)nc(N4CC[C@@H](NC(=O)Nc5cccc(SC)c5)C4)nc32)[C@H](O)[C@@H]1O.O=C(O)C(F)(F)F. The molecule has 0 bridgehead atoms. The molecule has 7 rings (SSSR count). The fourth-order valence-corrected chi connectivity index (χ4v) is 7.72. The highest BCUT2D eigenvalue weighted by Crippen LogP contribution is 2.36. The van der Waals surface area contributed by atoms with Crippen LogP contribution in [0.2, 0.25) is 0 Å². The van der Waals surface area contributed by atoms with Crippen LogP contribution in [0, 0.1) is 0 Å². The lowest BCUT2D eigenvalue weighted by molar-refractivity contribution is -0.192. The predicted octanol–water partition coefficient (Wildman–Crippen LogP) is 5.39. The zero-order valence-corrected chi connectivity index (χ0v) is 33.5. The number of imidazole rings is 1. The third kappa shape index (κ3) is 10.6. The molecule has 0 radical (unpaired) electrons. The number of urea groups is 1. The Balaban J connectivity index is 0.000000793. The lowest BCUT2D eigenvalue weighted by atomic mass is 9.91. The van der Waals surface area contributed by atoms with Gasteiger partial charge in [-0.3, -0.25) is 4.79 Å². The van der Waals surface area contributed by atoms with Gasteiger partial charge >= 0.3 is 18.2 Å². The van der Waals surface area contributed by atoms with E-state index in [2.05, 4.69) is 45.5 Å². The van der Waals surface area contributed by atoms with E-state index in [1.165, 1.54) is 0 Å². The number of carbonyl (C=O) groups is 3. The molecule has 3 aromatic carbocycles. The van der Waals surface area contributed by atoms with Crippen LogP contribution in [-0.2, 0) is 9.59 Å². The molecule has 5 atom stereocenters. The highest BCUT2D eigenvalue weighted by molar-refractivity contribution is 7.98. The Morgan fingerprint density at radius 1 is 0.933 bits per heavy atom. The molecule has 2 fully saturated rings. The average Bonchev–Trinajstić information content (AvgIpc) is 3.96. The number of nitrogens with one attached hydrogen (secondary N) is 4. The lowest BCUT2D eigenvalue weighted by Gasteiger charge is -2.22. The Morgan fingerprint density at radius 2 is 1.60 bits per heavy atom. The molecule has 1 saturated heterocycles. The van der Waals surface area contributed by atoms with Crippen molar-refractivity contribution in [3.63, 3.8) is 0 Å². The fraction of sp³-hybridized carbons (Fsp3) is 0.366. The first-order valence-corrected chi connectivity index (χ1v) is 20.5. The summed E-state index contributed by atoms with van der Waals surface area (Å²) >= 11 is 1.61. The van der Waals surface area contributed by atoms with E-state index in [0.29, 0.717) is 55.4 Å². The topological polar surface area (TPSA) is 207 Å². The van der Waals surface area contributed by atoms with E-state index >= 15 is 0 Å². The quantitative estimate of drug-likeness (QED) is 0.0790. The molecule has 2 aliphatic rings. The zero-order valence-electron chi connectivity index (χ0n) is 32.7. The third-order valence-corrected chi connectivity index (χ3v) is 11.1. The van der Waals surface area contributed by atoms with Gasteiger partial charge < -0.3 is 46.1 Å². The highest BCUT2D eigenvalue weighted by Gasteiger charge is 2.44. The minimum atomic E-state index is -5.08. The fourth-order valence-electron chi connectivity index (χ4n) is 7.26. The van der Waals surface area contributed by atoms with Crippen LogP contribution in [0.25, 0.3) is 11.2 Å². The van der Waals surface area contributed by atoms with Gasteiger partial charge in [-0.1, -0.05) is 73.7 Å². The molecule has 5 aromatic rings. The molecule has 7 N–H and O–H groups in total. The van der Waals surface area contributed by atoms with Crippen LogP contribution in [0.1, 0.15) is 49.3 Å². The van der Waals surface area contributed by atoms with E-state index in [1.807, 2.05) is 71.8 Å². The number of nitrogens with zero attached hydrogens (tertiary/aromatic N) is 5. The second kappa shape index (κ2) is 19.4. The molecule has 3 heterocycles. The van der Waals surface area contributed by atoms with Gasteiger partial charge in [0.2, 0.25) is 11.9 Å². The average molecular weight is 850 g/mol. The number of rotatable bonds is 12. The normalized spacial score (nSPS) is 20.1. The highest BCUT2D eigenvalue weighted by atomic mass is 32.2. The zero-order chi connectivity index (χ0) is 43.0. The van der Waals surface area contributed by atoms with Crippen molar-refractivity contribution in [2.45, 2.75) is 73.5 Å². The summed E-state index contributed by atoms with van der Waals surface area (Å²) < 4.78 is 33.5. The Bertz CT molecular complexity index is 2210. The van der Waals surface area contributed by atoms with E-state index in [0.717, 1.165) is 21.7 Å². The first-order valence-electron chi connectivity index (χ1n) is 19.3. The maximum Gasteiger partial charge on any atom is 0.490 e. The molecule has 15 nitrogen and oxygen atoms in total. The van der Waals surface area contributed by atoms with Crippen molar-refractivity contribution in [2.24, 2.45) is 0 Å². The first-order chi connectivity index (χ1) is 28.7. The second-order valence-corrected chi connectivity index (χ2v) is 15.2. The molecule has 1 saturated carbocycles. The van der Waals surface area contributed by atoms with Crippen molar-refractivity contribution >= 4 is 58.3 Å². The Morgan fingerprint density at radius 3 is 2.22 bits per heavy atom. The maximum atomic E-state index is 13.0. The number of aliphatic carboxylic acids is 1. The van der Waals surface area contributed by atoms with Crippen LogP contribution < -0.4 is 26.2 Å². The number of carbonyl (C=O) groups excluding carboxylic acids is 2. The summed E-state index contributed by atoms with van der Waals surface area (Å²) in [7, 11) is 0.